The van der Waals surface area contributed by atoms with Gasteiger partial charge in [-0.05, 0) is 68.7 Å². The zero-order valence-electron chi connectivity index (χ0n) is 17.3. The Morgan fingerprint density at radius 3 is 2.90 bits per heavy atom. The summed E-state index contributed by atoms with van der Waals surface area (Å²) in [7, 11) is 1.80. The van der Waals surface area contributed by atoms with E-state index in [2.05, 4.69) is 56.2 Å². The van der Waals surface area contributed by atoms with Crippen molar-refractivity contribution in [1.82, 2.24) is 15.1 Å². The minimum atomic E-state index is 0.517. The molecular weight excluding hydrogens is 374 g/mol. The number of rotatable bonds is 4. The van der Waals surface area contributed by atoms with Crippen molar-refractivity contribution in [3.8, 4) is 22.8 Å². The molecule has 0 spiro atoms. The maximum Gasteiger partial charge on any atom is 0.258 e. The zero-order valence-corrected chi connectivity index (χ0v) is 17.3. The Labute approximate surface area is 175 Å². The first-order valence-corrected chi connectivity index (χ1v) is 10.5. The minimum absolute atomic E-state index is 0.517. The van der Waals surface area contributed by atoms with E-state index >= 15 is 0 Å². The summed E-state index contributed by atoms with van der Waals surface area (Å²) in [5.41, 5.74) is 5.23. The number of anilines is 1. The molecule has 1 aliphatic heterocycles. The number of nitrogens with zero attached hydrogens (tertiary/aromatic N) is 4. The van der Waals surface area contributed by atoms with E-state index in [1.165, 1.54) is 24.9 Å². The van der Waals surface area contributed by atoms with Gasteiger partial charge in [-0.3, -0.25) is 4.99 Å². The molecule has 0 saturated carbocycles. The molecule has 3 heterocycles. The molecule has 2 aromatic carbocycles. The van der Waals surface area contributed by atoms with Crippen molar-refractivity contribution in [2.45, 2.75) is 32.2 Å². The second-order valence-corrected chi connectivity index (χ2v) is 7.90. The summed E-state index contributed by atoms with van der Waals surface area (Å²) in [4.78, 5) is 14.6. The third kappa shape index (κ3) is 3.38. The van der Waals surface area contributed by atoms with Crippen LogP contribution in [0.5, 0.6) is 0 Å². The fraction of sp³-hybridized carbons (Fsp3) is 0.292. The van der Waals surface area contributed by atoms with E-state index in [-0.39, 0.29) is 0 Å². The first kappa shape index (κ1) is 18.6. The molecule has 0 radical (unpaired) electrons. The Kier molecular flexibility index (Phi) is 4.83. The highest BCUT2D eigenvalue weighted by Crippen LogP contribution is 2.31. The van der Waals surface area contributed by atoms with Gasteiger partial charge in [-0.2, -0.15) is 4.98 Å². The van der Waals surface area contributed by atoms with Crippen LogP contribution in [0, 0.1) is 0 Å². The number of fused-ring (bicyclic) bond motifs is 1. The van der Waals surface area contributed by atoms with E-state index in [4.69, 9.17) is 4.52 Å². The van der Waals surface area contributed by atoms with Gasteiger partial charge in [0.25, 0.3) is 5.89 Å². The van der Waals surface area contributed by atoms with Crippen molar-refractivity contribution in [2.75, 3.05) is 18.5 Å². The van der Waals surface area contributed by atoms with Crippen LogP contribution in [0.4, 0.5) is 5.69 Å². The molecule has 1 atom stereocenters. The van der Waals surface area contributed by atoms with Gasteiger partial charge < -0.3 is 14.4 Å². The molecule has 1 unspecified atom stereocenters. The first-order chi connectivity index (χ1) is 14.7. The Hall–Kier alpha value is -3.41. The van der Waals surface area contributed by atoms with Crippen LogP contribution in [-0.4, -0.2) is 41.0 Å². The largest absolute Gasteiger partial charge is 0.368 e. The Morgan fingerprint density at radius 2 is 2.03 bits per heavy atom. The zero-order chi connectivity index (χ0) is 20.5. The van der Waals surface area contributed by atoms with Crippen LogP contribution in [-0.2, 0) is 0 Å². The van der Waals surface area contributed by atoms with Gasteiger partial charge in [0.15, 0.2) is 0 Å². The van der Waals surface area contributed by atoms with Crippen LogP contribution in [0.2, 0.25) is 0 Å². The molecule has 4 aromatic rings. The van der Waals surface area contributed by atoms with Gasteiger partial charge in [0.1, 0.15) is 0 Å². The van der Waals surface area contributed by atoms with Gasteiger partial charge in [-0.1, -0.05) is 5.16 Å². The molecule has 0 amide bonds. The number of benzene rings is 2. The predicted octanol–water partition coefficient (Wildman–Crippen LogP) is 5.31. The first-order valence-electron chi connectivity index (χ1n) is 10.5. The maximum atomic E-state index is 5.61. The molecule has 5 rings (SSSR count). The molecule has 1 aliphatic rings. The van der Waals surface area contributed by atoms with Crippen molar-refractivity contribution >= 4 is 22.8 Å². The standard InChI is InChI=1S/C24H25N5O/c1-16-5-3-4-12-29(16)22-9-7-19(14-20(22)15-25-2)24-27-23(28-30-24)18-6-8-21-17(13-18)10-11-26-21/h6-11,13-16,26H,3-5,12H2,1-2H3. The monoisotopic (exact) mass is 399 g/mol. The number of nitrogens with one attached hydrogen (secondary N) is 1. The van der Waals surface area contributed by atoms with Crippen LogP contribution in [0.25, 0.3) is 33.7 Å². The lowest BCUT2D eigenvalue weighted by Crippen LogP contribution is -2.38. The van der Waals surface area contributed by atoms with Crippen molar-refractivity contribution in [2.24, 2.45) is 4.99 Å². The molecule has 152 valence electrons. The van der Waals surface area contributed by atoms with Gasteiger partial charge in [-0.15, -0.1) is 0 Å². The third-order valence-electron chi connectivity index (χ3n) is 5.89. The Morgan fingerprint density at radius 1 is 1.13 bits per heavy atom. The number of aromatic amines is 1. The van der Waals surface area contributed by atoms with Crippen LogP contribution < -0.4 is 4.90 Å². The van der Waals surface area contributed by atoms with Gasteiger partial charge in [-0.25, -0.2) is 0 Å². The van der Waals surface area contributed by atoms with Crippen LogP contribution in [0.1, 0.15) is 31.7 Å². The quantitative estimate of drug-likeness (QED) is 0.472. The number of H-pyrrole nitrogens is 1. The summed E-state index contributed by atoms with van der Waals surface area (Å²) in [5.74, 6) is 1.11. The summed E-state index contributed by atoms with van der Waals surface area (Å²) >= 11 is 0. The SMILES string of the molecule is CN=Cc1cc(-c2nc(-c3ccc4[nH]ccc4c3)no2)ccc1N1CCCCC1C. The molecule has 6 nitrogen and oxygen atoms in total. The molecule has 2 aromatic heterocycles. The van der Waals surface area contributed by atoms with E-state index in [1.54, 1.807) is 7.05 Å². The molecule has 0 bridgehead atoms. The van der Waals surface area contributed by atoms with Gasteiger partial charge >= 0.3 is 0 Å². The highest BCUT2D eigenvalue weighted by molar-refractivity contribution is 5.90. The smallest absolute Gasteiger partial charge is 0.258 e. The second-order valence-electron chi connectivity index (χ2n) is 7.90. The van der Waals surface area contributed by atoms with E-state index in [0.29, 0.717) is 17.8 Å². The van der Waals surface area contributed by atoms with Gasteiger partial charge in [0.2, 0.25) is 5.82 Å². The summed E-state index contributed by atoms with van der Waals surface area (Å²) in [6, 6.07) is 15.0. The topological polar surface area (TPSA) is 70.3 Å². The van der Waals surface area contributed by atoms with E-state index in [1.807, 2.05) is 30.6 Å². The molecule has 1 fully saturated rings. The number of aromatic nitrogens is 3. The summed E-state index contributed by atoms with van der Waals surface area (Å²) in [5, 5.41) is 5.34. The number of hydrogen-bond acceptors (Lipinski definition) is 5. The van der Waals surface area contributed by atoms with Crippen molar-refractivity contribution in [3.63, 3.8) is 0 Å². The lowest BCUT2D eigenvalue weighted by Gasteiger charge is -2.36. The van der Waals surface area contributed by atoms with Crippen LogP contribution >= 0.6 is 0 Å². The van der Waals surface area contributed by atoms with Gasteiger partial charge in [0, 0.05) is 65.3 Å². The second kappa shape index (κ2) is 7.78. The average Bonchev–Trinajstić information content (AvgIpc) is 3.44. The normalized spacial score (nSPS) is 17.3. The molecule has 1 saturated heterocycles. The molecule has 30 heavy (non-hydrogen) atoms. The molecule has 0 aliphatic carbocycles. The van der Waals surface area contributed by atoms with E-state index < -0.39 is 0 Å². The van der Waals surface area contributed by atoms with Crippen LogP contribution in [0.15, 0.2) is 58.2 Å². The van der Waals surface area contributed by atoms with E-state index in [9.17, 15) is 0 Å². The molecule has 1 N–H and O–H groups in total. The van der Waals surface area contributed by atoms with E-state index in [0.717, 1.165) is 34.1 Å². The third-order valence-corrected chi connectivity index (χ3v) is 5.89. The summed E-state index contributed by atoms with van der Waals surface area (Å²) < 4.78 is 5.61. The number of hydrogen-bond donors (Lipinski definition) is 1. The fourth-order valence-electron chi connectivity index (χ4n) is 4.30. The predicted molar refractivity (Wildman–Crippen MR) is 121 cm³/mol. The average molecular weight is 399 g/mol. The molecule has 6 heteroatoms. The lowest BCUT2D eigenvalue weighted by atomic mass is 10.00. The summed E-state index contributed by atoms with van der Waals surface area (Å²) in [6.07, 6.45) is 7.59. The summed E-state index contributed by atoms with van der Waals surface area (Å²) in [6.45, 7) is 3.38. The highest BCUT2D eigenvalue weighted by atomic mass is 16.5. The van der Waals surface area contributed by atoms with Crippen molar-refractivity contribution in [3.05, 3.63) is 54.2 Å². The minimum Gasteiger partial charge on any atom is -0.368 e. The fourth-order valence-corrected chi connectivity index (χ4v) is 4.30. The van der Waals surface area contributed by atoms with Crippen LogP contribution in [0.3, 0.4) is 0 Å². The Bertz CT molecular complexity index is 1210. The molecular formula is C24H25N5O. The maximum absolute atomic E-state index is 5.61. The van der Waals surface area contributed by atoms with Crippen molar-refractivity contribution in [1.29, 1.82) is 0 Å². The number of aliphatic imine (C=N–C) groups is 1. The highest BCUT2D eigenvalue weighted by Gasteiger charge is 2.21. The number of piperidine rings is 1. The van der Waals surface area contributed by atoms with Gasteiger partial charge in [0.05, 0.1) is 0 Å². The Balaban J connectivity index is 1.49. The van der Waals surface area contributed by atoms with Crippen molar-refractivity contribution < 1.29 is 4.52 Å². The lowest BCUT2D eigenvalue weighted by molar-refractivity contribution is 0.432.